The molecule has 1 amide bonds. The maximum atomic E-state index is 12.5. The quantitative estimate of drug-likeness (QED) is 0.837. The van der Waals surface area contributed by atoms with E-state index in [1.165, 1.54) is 19.2 Å². The van der Waals surface area contributed by atoms with E-state index in [9.17, 15) is 18.5 Å². The zero-order chi connectivity index (χ0) is 19.3. The van der Waals surface area contributed by atoms with E-state index in [0.29, 0.717) is 11.4 Å². The van der Waals surface area contributed by atoms with E-state index in [-0.39, 0.29) is 11.3 Å². The summed E-state index contributed by atoms with van der Waals surface area (Å²) in [6.07, 6.45) is 0.988. The minimum Gasteiger partial charge on any atom is -0.495 e. The van der Waals surface area contributed by atoms with E-state index in [1.54, 1.807) is 24.3 Å². The van der Waals surface area contributed by atoms with Gasteiger partial charge in [0.1, 0.15) is 18.4 Å². The van der Waals surface area contributed by atoms with Crippen LogP contribution >= 0.6 is 0 Å². The number of carbonyl (C=O) groups excluding carboxylic acids is 1. The molecule has 0 fully saturated rings. The summed E-state index contributed by atoms with van der Waals surface area (Å²) >= 11 is 0. The van der Waals surface area contributed by atoms with Crippen LogP contribution in [0.4, 0.5) is 11.4 Å². The van der Waals surface area contributed by atoms with Gasteiger partial charge in [0.05, 0.1) is 30.3 Å². The van der Waals surface area contributed by atoms with Crippen LogP contribution in [0.2, 0.25) is 0 Å². The van der Waals surface area contributed by atoms with Gasteiger partial charge in [-0.3, -0.25) is 9.10 Å². The smallest absolute Gasteiger partial charge is 0.245 e. The number of hydrogen-bond acceptors (Lipinski definition) is 5. The fourth-order valence-electron chi connectivity index (χ4n) is 2.41. The number of rotatable bonds is 6. The Hall–Kier alpha value is -3.05. The standard InChI is InChI=1S/C18H19N3O4S/c1-13-8-9-17(25-2)15(10-13)20-18(22)12-21(26(3,23)24)16-7-5-4-6-14(16)11-19/h4-10H,12H2,1-3H3,(H,20,22). The van der Waals surface area contributed by atoms with Gasteiger partial charge in [0.25, 0.3) is 0 Å². The highest BCUT2D eigenvalue weighted by Crippen LogP contribution is 2.26. The van der Waals surface area contributed by atoms with E-state index < -0.39 is 22.5 Å². The van der Waals surface area contributed by atoms with Gasteiger partial charge in [-0.05, 0) is 36.8 Å². The molecule has 0 radical (unpaired) electrons. The van der Waals surface area contributed by atoms with E-state index >= 15 is 0 Å². The number of methoxy groups -OCH3 is 1. The van der Waals surface area contributed by atoms with Crippen LogP contribution in [-0.2, 0) is 14.8 Å². The van der Waals surface area contributed by atoms with Crippen LogP contribution in [0.3, 0.4) is 0 Å². The van der Waals surface area contributed by atoms with Crippen LogP contribution in [0.1, 0.15) is 11.1 Å². The number of aryl methyl sites for hydroxylation is 1. The summed E-state index contributed by atoms with van der Waals surface area (Å²) in [6, 6.07) is 13.4. The summed E-state index contributed by atoms with van der Waals surface area (Å²) in [5.74, 6) is -0.0839. The summed E-state index contributed by atoms with van der Waals surface area (Å²) in [4.78, 5) is 12.5. The average Bonchev–Trinajstić information content (AvgIpc) is 2.59. The normalized spacial score (nSPS) is 10.7. The van der Waals surface area contributed by atoms with Crippen molar-refractivity contribution in [1.82, 2.24) is 0 Å². The number of sulfonamides is 1. The number of ether oxygens (including phenoxy) is 1. The highest BCUT2D eigenvalue weighted by atomic mass is 32.2. The fraction of sp³-hybridized carbons (Fsp3) is 0.222. The Morgan fingerprint density at radius 2 is 1.96 bits per heavy atom. The maximum absolute atomic E-state index is 12.5. The largest absolute Gasteiger partial charge is 0.495 e. The monoisotopic (exact) mass is 373 g/mol. The van der Waals surface area contributed by atoms with Crippen molar-refractivity contribution in [1.29, 1.82) is 5.26 Å². The lowest BCUT2D eigenvalue weighted by molar-refractivity contribution is -0.114. The Kier molecular flexibility index (Phi) is 5.85. The summed E-state index contributed by atoms with van der Waals surface area (Å²) in [5.41, 5.74) is 1.68. The Bertz CT molecular complexity index is 965. The molecule has 0 aliphatic rings. The highest BCUT2D eigenvalue weighted by molar-refractivity contribution is 7.92. The van der Waals surface area contributed by atoms with Gasteiger partial charge in [-0.2, -0.15) is 5.26 Å². The van der Waals surface area contributed by atoms with Crippen LogP contribution < -0.4 is 14.4 Å². The molecular weight excluding hydrogens is 354 g/mol. The maximum Gasteiger partial charge on any atom is 0.245 e. The molecule has 8 heteroatoms. The van der Waals surface area contributed by atoms with Crippen molar-refractivity contribution < 1.29 is 17.9 Å². The highest BCUT2D eigenvalue weighted by Gasteiger charge is 2.23. The second-order valence-electron chi connectivity index (χ2n) is 5.65. The van der Waals surface area contributed by atoms with Crippen molar-refractivity contribution in [2.24, 2.45) is 0 Å². The summed E-state index contributed by atoms with van der Waals surface area (Å²) in [7, 11) is -2.29. The number of nitriles is 1. The molecule has 2 rings (SSSR count). The number of anilines is 2. The SMILES string of the molecule is COc1ccc(C)cc1NC(=O)CN(c1ccccc1C#N)S(C)(=O)=O. The molecule has 0 unspecified atom stereocenters. The lowest BCUT2D eigenvalue weighted by atomic mass is 10.2. The second kappa shape index (κ2) is 7.89. The van der Waals surface area contributed by atoms with Crippen LogP contribution in [0, 0.1) is 18.3 Å². The van der Waals surface area contributed by atoms with Crippen LogP contribution in [0.15, 0.2) is 42.5 Å². The lowest BCUT2D eigenvalue weighted by Gasteiger charge is -2.23. The van der Waals surface area contributed by atoms with Gasteiger partial charge in [-0.1, -0.05) is 18.2 Å². The Labute approximate surface area is 152 Å². The fourth-order valence-corrected chi connectivity index (χ4v) is 3.27. The first-order chi connectivity index (χ1) is 12.3. The molecule has 0 aromatic heterocycles. The average molecular weight is 373 g/mol. The van der Waals surface area contributed by atoms with Gasteiger partial charge in [-0.15, -0.1) is 0 Å². The minimum absolute atomic E-state index is 0.156. The van der Waals surface area contributed by atoms with Gasteiger partial charge < -0.3 is 10.1 Å². The van der Waals surface area contributed by atoms with Crippen LogP contribution in [-0.4, -0.2) is 34.2 Å². The summed E-state index contributed by atoms with van der Waals surface area (Å²) in [6.45, 7) is 1.40. The Morgan fingerprint density at radius 3 is 2.58 bits per heavy atom. The number of benzene rings is 2. The van der Waals surface area contributed by atoms with Crippen molar-refractivity contribution in [3.63, 3.8) is 0 Å². The van der Waals surface area contributed by atoms with Gasteiger partial charge in [0.2, 0.25) is 15.9 Å². The van der Waals surface area contributed by atoms with Gasteiger partial charge in [-0.25, -0.2) is 8.42 Å². The number of amides is 1. The molecule has 26 heavy (non-hydrogen) atoms. The minimum atomic E-state index is -3.77. The molecule has 0 spiro atoms. The molecule has 0 bridgehead atoms. The van der Waals surface area contributed by atoms with E-state index in [4.69, 9.17) is 4.74 Å². The molecule has 0 heterocycles. The third-order valence-corrected chi connectivity index (χ3v) is 4.74. The van der Waals surface area contributed by atoms with Crippen molar-refractivity contribution >= 4 is 27.3 Å². The molecule has 0 saturated carbocycles. The molecule has 0 aliphatic carbocycles. The topological polar surface area (TPSA) is 99.5 Å². The number of para-hydroxylation sites is 1. The van der Waals surface area contributed by atoms with E-state index in [1.807, 2.05) is 19.1 Å². The summed E-state index contributed by atoms with van der Waals surface area (Å²) < 4.78 is 30.5. The zero-order valence-corrected chi connectivity index (χ0v) is 15.5. The Balaban J connectivity index is 2.32. The molecule has 0 aliphatic heterocycles. The zero-order valence-electron chi connectivity index (χ0n) is 14.7. The third kappa shape index (κ3) is 4.52. The van der Waals surface area contributed by atoms with Crippen LogP contribution in [0.5, 0.6) is 5.75 Å². The molecular formula is C18H19N3O4S. The predicted molar refractivity (Wildman–Crippen MR) is 99.7 cm³/mol. The molecule has 7 nitrogen and oxygen atoms in total. The van der Waals surface area contributed by atoms with Crippen LogP contribution in [0.25, 0.3) is 0 Å². The van der Waals surface area contributed by atoms with E-state index in [2.05, 4.69) is 5.32 Å². The molecule has 136 valence electrons. The van der Waals surface area contributed by atoms with Crippen molar-refractivity contribution in [2.45, 2.75) is 6.92 Å². The van der Waals surface area contributed by atoms with Crippen molar-refractivity contribution in [3.05, 3.63) is 53.6 Å². The second-order valence-corrected chi connectivity index (χ2v) is 7.56. The van der Waals surface area contributed by atoms with Gasteiger partial charge in [0, 0.05) is 0 Å². The lowest BCUT2D eigenvalue weighted by Crippen LogP contribution is -2.38. The van der Waals surface area contributed by atoms with Gasteiger partial charge in [0.15, 0.2) is 0 Å². The Morgan fingerprint density at radius 1 is 1.27 bits per heavy atom. The number of nitrogens with zero attached hydrogens (tertiary/aromatic N) is 2. The predicted octanol–water partition coefficient (Wildman–Crippen LogP) is 2.28. The van der Waals surface area contributed by atoms with Gasteiger partial charge >= 0.3 is 0 Å². The van der Waals surface area contributed by atoms with Crippen molar-refractivity contribution in [3.8, 4) is 11.8 Å². The number of hydrogen-bond donors (Lipinski definition) is 1. The molecule has 0 saturated heterocycles. The first kappa shape index (κ1) is 19.3. The molecule has 2 aromatic carbocycles. The summed E-state index contributed by atoms with van der Waals surface area (Å²) in [5, 5.41) is 11.9. The first-order valence-corrected chi connectivity index (χ1v) is 9.52. The van der Waals surface area contributed by atoms with Crippen molar-refractivity contribution in [2.75, 3.05) is 29.5 Å². The third-order valence-electron chi connectivity index (χ3n) is 3.61. The molecule has 2 aromatic rings. The van der Waals surface area contributed by atoms with E-state index in [0.717, 1.165) is 16.1 Å². The molecule has 0 atom stereocenters. The number of nitrogens with one attached hydrogen (secondary N) is 1. The number of carbonyl (C=O) groups is 1. The first-order valence-electron chi connectivity index (χ1n) is 7.67. The molecule has 1 N–H and O–H groups in total.